The first-order valence-corrected chi connectivity index (χ1v) is 9.05. The number of carbonyl (C=O) groups is 2. The van der Waals surface area contributed by atoms with Crippen molar-refractivity contribution in [2.75, 3.05) is 13.1 Å². The molecule has 1 aliphatic heterocycles. The normalized spacial score (nSPS) is 24.8. The Bertz CT molecular complexity index is 641. The van der Waals surface area contributed by atoms with Crippen LogP contribution >= 0.6 is 0 Å². The maximum Gasteiger partial charge on any atom is 0.410 e. The number of likely N-dealkylation sites (tertiary alicyclic amines) is 1. The monoisotopic (exact) mass is 362 g/mol. The Kier molecular flexibility index (Phi) is 5.96. The van der Waals surface area contributed by atoms with Gasteiger partial charge in [-0.2, -0.15) is 0 Å². The molecule has 1 aliphatic rings. The van der Waals surface area contributed by atoms with E-state index in [4.69, 9.17) is 4.74 Å². The second kappa shape index (κ2) is 7.66. The molecule has 1 saturated heterocycles. The fourth-order valence-corrected chi connectivity index (χ4v) is 3.30. The van der Waals surface area contributed by atoms with E-state index in [1.165, 1.54) is 4.90 Å². The minimum atomic E-state index is -1.09. The SMILES string of the molecule is C[C@H](N[C@H]1CCN(C(=O)OC(C)(C)C)C[C@]1(C)C(=O)O)c1ccccc1. The first-order chi connectivity index (χ1) is 12.0. The summed E-state index contributed by atoms with van der Waals surface area (Å²) in [7, 11) is 0. The summed E-state index contributed by atoms with van der Waals surface area (Å²) in [5, 5.41) is 13.3. The number of nitrogens with zero attached hydrogens (tertiary/aromatic N) is 1. The van der Waals surface area contributed by atoms with Crippen LogP contribution < -0.4 is 5.32 Å². The maximum absolute atomic E-state index is 12.4. The van der Waals surface area contributed by atoms with Gasteiger partial charge in [-0.25, -0.2) is 4.79 Å². The zero-order valence-electron chi connectivity index (χ0n) is 16.3. The maximum atomic E-state index is 12.4. The van der Waals surface area contributed by atoms with Crippen molar-refractivity contribution in [3.63, 3.8) is 0 Å². The van der Waals surface area contributed by atoms with Crippen molar-refractivity contribution in [1.29, 1.82) is 0 Å². The molecule has 0 bridgehead atoms. The Morgan fingerprint density at radius 2 is 1.92 bits per heavy atom. The number of carboxylic acid groups (broad SMARTS) is 1. The summed E-state index contributed by atoms with van der Waals surface area (Å²) in [6, 6.07) is 9.71. The summed E-state index contributed by atoms with van der Waals surface area (Å²) in [4.78, 5) is 25.9. The number of rotatable bonds is 4. The number of piperidine rings is 1. The average molecular weight is 362 g/mol. The molecule has 0 aliphatic carbocycles. The molecule has 0 saturated carbocycles. The first kappa shape index (κ1) is 20.2. The van der Waals surface area contributed by atoms with Crippen molar-refractivity contribution in [3.05, 3.63) is 35.9 Å². The number of nitrogens with one attached hydrogen (secondary N) is 1. The number of carboxylic acids is 1. The van der Waals surface area contributed by atoms with E-state index in [0.717, 1.165) is 5.56 Å². The minimum Gasteiger partial charge on any atom is -0.481 e. The van der Waals surface area contributed by atoms with E-state index in [1.807, 2.05) is 37.3 Å². The van der Waals surface area contributed by atoms with Crippen LogP contribution in [0.2, 0.25) is 0 Å². The molecule has 1 fully saturated rings. The number of carbonyl (C=O) groups excluding carboxylic acids is 1. The standard InChI is InChI=1S/C20H30N2O4/c1-14(15-9-7-6-8-10-15)21-16-11-12-22(13-20(16,5)17(23)24)18(25)26-19(2,3)4/h6-10,14,16,21H,11-13H2,1-5H3,(H,23,24)/t14-,16-,20-/m0/s1. The van der Waals surface area contributed by atoms with Gasteiger partial charge >= 0.3 is 12.1 Å². The van der Waals surface area contributed by atoms with Crippen LogP contribution in [0, 0.1) is 5.41 Å². The number of benzene rings is 1. The molecule has 3 atom stereocenters. The lowest BCUT2D eigenvalue weighted by Gasteiger charge is -2.44. The molecule has 0 aromatic heterocycles. The van der Waals surface area contributed by atoms with Gasteiger partial charge in [0, 0.05) is 25.2 Å². The van der Waals surface area contributed by atoms with Gasteiger partial charge in [-0.15, -0.1) is 0 Å². The Labute approximate surface area is 155 Å². The molecule has 0 spiro atoms. The van der Waals surface area contributed by atoms with Crippen LogP contribution in [0.5, 0.6) is 0 Å². The van der Waals surface area contributed by atoms with Gasteiger partial charge in [0.05, 0.1) is 5.41 Å². The zero-order chi connectivity index (χ0) is 19.5. The third kappa shape index (κ3) is 4.75. The van der Waals surface area contributed by atoms with E-state index < -0.39 is 23.1 Å². The van der Waals surface area contributed by atoms with Crippen LogP contribution in [0.25, 0.3) is 0 Å². The second-order valence-electron chi connectivity index (χ2n) is 8.26. The number of hydrogen-bond acceptors (Lipinski definition) is 4. The van der Waals surface area contributed by atoms with E-state index in [0.29, 0.717) is 13.0 Å². The van der Waals surface area contributed by atoms with Gasteiger partial charge in [-0.05, 0) is 46.6 Å². The third-order valence-corrected chi connectivity index (χ3v) is 4.87. The average Bonchev–Trinajstić information content (AvgIpc) is 2.55. The summed E-state index contributed by atoms with van der Waals surface area (Å²) in [5.74, 6) is -0.913. The molecule has 6 heteroatoms. The van der Waals surface area contributed by atoms with E-state index in [9.17, 15) is 14.7 Å². The minimum absolute atomic E-state index is 0.0213. The molecule has 1 aromatic carbocycles. The fourth-order valence-electron chi connectivity index (χ4n) is 3.30. The number of ether oxygens (including phenoxy) is 1. The molecule has 2 N–H and O–H groups in total. The number of amides is 1. The van der Waals surface area contributed by atoms with Gasteiger partial charge in [0.25, 0.3) is 0 Å². The lowest BCUT2D eigenvalue weighted by atomic mass is 9.76. The number of hydrogen-bond donors (Lipinski definition) is 2. The molecule has 2 rings (SSSR count). The van der Waals surface area contributed by atoms with Gasteiger partial charge in [-0.1, -0.05) is 30.3 Å². The van der Waals surface area contributed by atoms with Crippen LogP contribution in [0.4, 0.5) is 4.79 Å². The first-order valence-electron chi connectivity index (χ1n) is 9.05. The Morgan fingerprint density at radius 3 is 2.46 bits per heavy atom. The quantitative estimate of drug-likeness (QED) is 0.858. The van der Waals surface area contributed by atoms with Crippen LogP contribution in [0.15, 0.2) is 30.3 Å². The Balaban J connectivity index is 2.12. The van der Waals surface area contributed by atoms with Gasteiger partial charge in [0.2, 0.25) is 0 Å². The topological polar surface area (TPSA) is 78.9 Å². The van der Waals surface area contributed by atoms with E-state index >= 15 is 0 Å². The molecular formula is C20H30N2O4. The van der Waals surface area contributed by atoms with Crippen molar-refractivity contribution in [2.45, 2.75) is 58.7 Å². The van der Waals surface area contributed by atoms with Crippen molar-refractivity contribution < 1.29 is 19.4 Å². The molecule has 1 aromatic rings. The lowest BCUT2D eigenvalue weighted by Crippen LogP contribution is -2.60. The van der Waals surface area contributed by atoms with Crippen molar-refractivity contribution >= 4 is 12.1 Å². The molecule has 26 heavy (non-hydrogen) atoms. The van der Waals surface area contributed by atoms with E-state index in [-0.39, 0.29) is 18.6 Å². The summed E-state index contributed by atoms with van der Waals surface area (Å²) in [6.45, 7) is 9.72. The smallest absolute Gasteiger partial charge is 0.410 e. The van der Waals surface area contributed by atoms with Crippen LogP contribution in [-0.2, 0) is 9.53 Å². The molecule has 0 unspecified atom stereocenters. The van der Waals surface area contributed by atoms with Crippen molar-refractivity contribution in [1.82, 2.24) is 10.2 Å². The third-order valence-electron chi connectivity index (χ3n) is 4.87. The summed E-state index contributed by atoms with van der Waals surface area (Å²) in [6.07, 6.45) is 0.0960. The fraction of sp³-hybridized carbons (Fsp3) is 0.600. The predicted molar refractivity (Wildman–Crippen MR) is 99.9 cm³/mol. The predicted octanol–water partition coefficient (Wildman–Crippen LogP) is 3.44. The number of aliphatic carboxylic acids is 1. The summed E-state index contributed by atoms with van der Waals surface area (Å²) in [5.41, 5.74) is -0.582. The molecule has 0 radical (unpaired) electrons. The molecule has 1 heterocycles. The summed E-state index contributed by atoms with van der Waals surface area (Å²) >= 11 is 0. The molecule has 144 valence electrons. The van der Waals surface area contributed by atoms with Gasteiger partial charge in [0.1, 0.15) is 5.60 Å². The van der Waals surface area contributed by atoms with Gasteiger partial charge in [0.15, 0.2) is 0 Å². The van der Waals surface area contributed by atoms with Gasteiger partial charge in [-0.3, -0.25) is 4.79 Å². The lowest BCUT2D eigenvalue weighted by molar-refractivity contribution is -0.153. The molecule has 1 amide bonds. The highest BCUT2D eigenvalue weighted by Crippen LogP contribution is 2.33. The second-order valence-corrected chi connectivity index (χ2v) is 8.26. The van der Waals surface area contributed by atoms with Crippen molar-refractivity contribution in [2.24, 2.45) is 5.41 Å². The summed E-state index contributed by atoms with van der Waals surface area (Å²) < 4.78 is 5.41. The molecule has 6 nitrogen and oxygen atoms in total. The Morgan fingerprint density at radius 1 is 1.31 bits per heavy atom. The highest BCUT2D eigenvalue weighted by molar-refractivity contribution is 5.77. The van der Waals surface area contributed by atoms with Crippen LogP contribution in [-0.4, -0.2) is 46.8 Å². The van der Waals surface area contributed by atoms with Crippen LogP contribution in [0.1, 0.15) is 52.6 Å². The zero-order valence-corrected chi connectivity index (χ0v) is 16.3. The highest BCUT2D eigenvalue weighted by Gasteiger charge is 2.48. The molecular weight excluding hydrogens is 332 g/mol. The Hall–Kier alpha value is -2.08. The highest BCUT2D eigenvalue weighted by atomic mass is 16.6. The van der Waals surface area contributed by atoms with E-state index in [2.05, 4.69) is 5.32 Å². The largest absolute Gasteiger partial charge is 0.481 e. The van der Waals surface area contributed by atoms with E-state index in [1.54, 1.807) is 27.7 Å². The van der Waals surface area contributed by atoms with Crippen molar-refractivity contribution in [3.8, 4) is 0 Å². The van der Waals surface area contributed by atoms with Crippen LogP contribution in [0.3, 0.4) is 0 Å². The van der Waals surface area contributed by atoms with Gasteiger partial charge < -0.3 is 20.1 Å².